The van der Waals surface area contributed by atoms with Crippen LogP contribution >= 0.6 is 11.3 Å². The van der Waals surface area contributed by atoms with Gasteiger partial charge in [-0.25, -0.2) is 9.69 Å². The maximum Gasteiger partial charge on any atom is 0.421 e. The van der Waals surface area contributed by atoms with Crippen LogP contribution in [0.4, 0.5) is 16.2 Å². The van der Waals surface area contributed by atoms with Crippen LogP contribution in [0.1, 0.15) is 56.9 Å². The van der Waals surface area contributed by atoms with Gasteiger partial charge in [0.25, 0.3) is 0 Å². The minimum absolute atomic E-state index is 0.0860. The van der Waals surface area contributed by atoms with E-state index >= 15 is 0 Å². The predicted molar refractivity (Wildman–Crippen MR) is 161 cm³/mol. The Morgan fingerprint density at radius 3 is 2.62 bits per heavy atom. The minimum atomic E-state index is -0.540. The number of hydrogen-bond donors (Lipinski definition) is 0. The highest BCUT2D eigenvalue weighted by atomic mass is 32.1. The van der Waals surface area contributed by atoms with E-state index in [1.165, 1.54) is 27.1 Å². The lowest BCUT2D eigenvalue weighted by atomic mass is 9.98. The number of carbonyl (C=O) groups excluding carboxylic acids is 2. The molecule has 7 nitrogen and oxygen atoms in total. The van der Waals surface area contributed by atoms with Crippen LogP contribution in [0.2, 0.25) is 0 Å². The molecule has 0 atom stereocenters. The molecule has 2 aromatic carbocycles. The number of imide groups is 1. The van der Waals surface area contributed by atoms with Gasteiger partial charge in [0.15, 0.2) is 0 Å². The van der Waals surface area contributed by atoms with E-state index < -0.39 is 6.09 Å². The Labute approximate surface area is 240 Å². The van der Waals surface area contributed by atoms with E-state index in [0.717, 1.165) is 76.8 Å². The Balaban J connectivity index is 0.961. The van der Waals surface area contributed by atoms with Crippen molar-refractivity contribution in [3.8, 4) is 5.75 Å². The summed E-state index contributed by atoms with van der Waals surface area (Å²) in [5.41, 5.74) is 2.96. The lowest BCUT2D eigenvalue weighted by Crippen LogP contribution is -2.46. The average Bonchev–Trinajstić information content (AvgIpc) is 3.47. The number of hydrogen-bond acceptors (Lipinski definition) is 7. The molecule has 2 fully saturated rings. The van der Waals surface area contributed by atoms with Crippen molar-refractivity contribution in [2.75, 3.05) is 49.1 Å². The van der Waals surface area contributed by atoms with Gasteiger partial charge in [0, 0.05) is 54.4 Å². The van der Waals surface area contributed by atoms with Crippen molar-refractivity contribution in [1.29, 1.82) is 0 Å². The number of benzene rings is 2. The molecule has 1 aromatic heterocycles. The number of amides is 2. The summed E-state index contributed by atoms with van der Waals surface area (Å²) in [6.07, 6.45) is 7.45. The summed E-state index contributed by atoms with van der Waals surface area (Å²) in [6.45, 7) is 5.94. The van der Waals surface area contributed by atoms with Crippen molar-refractivity contribution in [1.82, 2.24) is 4.90 Å². The molecule has 2 amide bonds. The Hall–Kier alpha value is -3.10. The zero-order chi connectivity index (χ0) is 27.3. The van der Waals surface area contributed by atoms with Crippen LogP contribution in [0, 0.1) is 0 Å². The van der Waals surface area contributed by atoms with E-state index in [4.69, 9.17) is 9.47 Å². The second kappa shape index (κ2) is 12.6. The lowest BCUT2D eigenvalue weighted by Gasteiger charge is -2.36. The monoisotopic (exact) mass is 561 g/mol. The van der Waals surface area contributed by atoms with Gasteiger partial charge in [-0.05, 0) is 86.7 Å². The maximum absolute atomic E-state index is 13.0. The van der Waals surface area contributed by atoms with E-state index in [1.807, 2.05) is 29.5 Å². The van der Waals surface area contributed by atoms with E-state index in [0.29, 0.717) is 30.9 Å². The Bertz CT molecular complexity index is 1330. The average molecular weight is 562 g/mol. The van der Waals surface area contributed by atoms with Crippen molar-refractivity contribution < 1.29 is 19.1 Å². The minimum Gasteiger partial charge on any atom is -0.494 e. The number of piperazine rings is 1. The van der Waals surface area contributed by atoms with Crippen molar-refractivity contribution in [3.63, 3.8) is 0 Å². The van der Waals surface area contributed by atoms with Gasteiger partial charge < -0.3 is 14.4 Å². The van der Waals surface area contributed by atoms with Crippen LogP contribution in [0.3, 0.4) is 0 Å². The Morgan fingerprint density at radius 2 is 1.77 bits per heavy atom. The van der Waals surface area contributed by atoms with Gasteiger partial charge in [-0.15, -0.1) is 11.3 Å². The molecule has 1 saturated carbocycles. The third-order valence-corrected chi connectivity index (χ3v) is 9.36. The van der Waals surface area contributed by atoms with Gasteiger partial charge in [0.1, 0.15) is 11.9 Å². The molecule has 0 N–H and O–H groups in total. The van der Waals surface area contributed by atoms with Gasteiger partial charge in [-0.3, -0.25) is 9.69 Å². The topological polar surface area (TPSA) is 62.3 Å². The highest BCUT2D eigenvalue weighted by Crippen LogP contribution is 2.34. The van der Waals surface area contributed by atoms with Gasteiger partial charge in [-0.1, -0.05) is 18.6 Å². The fourth-order valence-corrected chi connectivity index (χ4v) is 7.02. The van der Waals surface area contributed by atoms with Gasteiger partial charge >= 0.3 is 6.09 Å². The first-order chi connectivity index (χ1) is 19.7. The second-order valence-electron chi connectivity index (χ2n) is 11.2. The molecule has 6 rings (SSSR count). The van der Waals surface area contributed by atoms with Crippen LogP contribution in [0.15, 0.2) is 47.8 Å². The SMILES string of the molecule is O=C1CCc2ccc(OCCCCN3CCN(c4cccc5sccc45)CC3)cc2N1C(=O)OC1CCCCC1. The second-order valence-corrected chi connectivity index (χ2v) is 12.1. The molecule has 3 aromatic rings. The first-order valence-electron chi connectivity index (χ1n) is 14.9. The third-order valence-electron chi connectivity index (χ3n) is 8.48. The lowest BCUT2D eigenvalue weighted by molar-refractivity contribution is -0.118. The molecule has 0 spiro atoms. The molecule has 0 unspecified atom stereocenters. The molecular formula is C32H39N3O4S. The number of ether oxygens (including phenoxy) is 2. The quantitative estimate of drug-likeness (QED) is 0.288. The number of fused-ring (bicyclic) bond motifs is 2. The third kappa shape index (κ3) is 6.13. The molecule has 212 valence electrons. The summed E-state index contributed by atoms with van der Waals surface area (Å²) in [4.78, 5) is 32.0. The van der Waals surface area contributed by atoms with E-state index in [2.05, 4.69) is 39.4 Å². The zero-order valence-electron chi connectivity index (χ0n) is 23.2. The summed E-state index contributed by atoms with van der Waals surface area (Å²) in [7, 11) is 0. The summed E-state index contributed by atoms with van der Waals surface area (Å²) >= 11 is 1.81. The molecule has 3 aliphatic rings. The largest absolute Gasteiger partial charge is 0.494 e. The fourth-order valence-electron chi connectivity index (χ4n) is 6.21. The molecule has 0 bridgehead atoms. The number of unbranched alkanes of at least 4 members (excludes halogenated alkanes) is 1. The smallest absolute Gasteiger partial charge is 0.421 e. The molecule has 1 aliphatic carbocycles. The highest BCUT2D eigenvalue weighted by molar-refractivity contribution is 7.17. The van der Waals surface area contributed by atoms with Crippen molar-refractivity contribution in [2.24, 2.45) is 0 Å². The van der Waals surface area contributed by atoms with Crippen molar-refractivity contribution >= 4 is 44.8 Å². The van der Waals surface area contributed by atoms with Crippen LogP contribution in [-0.2, 0) is 16.0 Å². The van der Waals surface area contributed by atoms with Crippen molar-refractivity contribution in [2.45, 2.75) is 63.9 Å². The molecule has 0 radical (unpaired) electrons. The molecule has 1 saturated heterocycles. The van der Waals surface area contributed by atoms with Gasteiger partial charge in [0.2, 0.25) is 5.91 Å². The standard InChI is InChI=1S/C32H39N3O4S/c36-31-14-12-24-11-13-26(23-29(24)35(31)32(37)39-25-7-2-1-3-8-25)38-21-5-4-16-33-17-19-34(20-18-33)28-9-6-10-30-27(28)15-22-40-30/h6,9-11,13,15,22-23,25H,1-5,7-8,12,14,16-21H2. The Kier molecular flexibility index (Phi) is 8.54. The fraction of sp³-hybridized carbons (Fsp3) is 0.500. The number of anilines is 2. The number of thiophene rings is 1. The van der Waals surface area contributed by atoms with Crippen LogP contribution in [0.5, 0.6) is 5.75 Å². The first kappa shape index (κ1) is 27.1. The first-order valence-corrected chi connectivity index (χ1v) is 15.8. The summed E-state index contributed by atoms with van der Waals surface area (Å²) < 4.78 is 13.2. The number of rotatable bonds is 8. The Morgan fingerprint density at radius 1 is 0.925 bits per heavy atom. The van der Waals surface area contributed by atoms with Gasteiger partial charge in [0.05, 0.1) is 12.3 Å². The summed E-state index contributed by atoms with van der Waals surface area (Å²) in [6, 6.07) is 14.6. The van der Waals surface area contributed by atoms with Crippen LogP contribution in [0.25, 0.3) is 10.1 Å². The summed E-state index contributed by atoms with van der Waals surface area (Å²) in [5, 5.41) is 3.55. The number of nitrogens with zero attached hydrogens (tertiary/aromatic N) is 3. The molecule has 3 heterocycles. The maximum atomic E-state index is 13.0. The van der Waals surface area contributed by atoms with Crippen LogP contribution in [-0.4, -0.2) is 62.3 Å². The zero-order valence-corrected chi connectivity index (χ0v) is 24.0. The number of aryl methyl sites for hydroxylation is 1. The predicted octanol–water partition coefficient (Wildman–Crippen LogP) is 6.63. The molecule has 8 heteroatoms. The van der Waals surface area contributed by atoms with E-state index in [9.17, 15) is 9.59 Å². The van der Waals surface area contributed by atoms with Gasteiger partial charge in [-0.2, -0.15) is 0 Å². The van der Waals surface area contributed by atoms with Crippen LogP contribution < -0.4 is 14.5 Å². The highest BCUT2D eigenvalue weighted by Gasteiger charge is 2.33. The summed E-state index contributed by atoms with van der Waals surface area (Å²) in [5.74, 6) is 0.498. The normalized spacial score (nSPS) is 18.6. The molecule has 40 heavy (non-hydrogen) atoms. The number of carbonyl (C=O) groups is 2. The van der Waals surface area contributed by atoms with E-state index in [-0.39, 0.29) is 12.0 Å². The van der Waals surface area contributed by atoms with E-state index in [1.54, 1.807) is 0 Å². The molecular weight excluding hydrogens is 522 g/mol. The molecule has 2 aliphatic heterocycles. The van der Waals surface area contributed by atoms with Crippen molar-refractivity contribution in [3.05, 3.63) is 53.4 Å².